The van der Waals surface area contributed by atoms with Crippen LogP contribution < -0.4 is 0 Å². The van der Waals surface area contributed by atoms with Crippen LogP contribution in [0, 0.1) is 10.8 Å². The minimum atomic E-state index is -0.125. The highest BCUT2D eigenvalue weighted by Crippen LogP contribution is 2.36. The first-order chi connectivity index (χ1) is 6.72. The molecule has 4 nitrogen and oxygen atoms in total. The molecule has 0 aliphatic rings. The second kappa shape index (κ2) is 10.4. The third-order valence-electron chi connectivity index (χ3n) is 2.53. The zero-order chi connectivity index (χ0) is 13.1. The number of aliphatic hydroxyl groups excluding tert-OH is 4. The van der Waals surface area contributed by atoms with Crippen LogP contribution in [-0.2, 0) is 0 Å². The van der Waals surface area contributed by atoms with E-state index in [4.69, 9.17) is 20.4 Å². The lowest BCUT2D eigenvalue weighted by molar-refractivity contribution is 0.0503. The summed E-state index contributed by atoms with van der Waals surface area (Å²) >= 11 is 0. The van der Waals surface area contributed by atoms with Crippen molar-refractivity contribution >= 4 is 0 Å². The van der Waals surface area contributed by atoms with E-state index in [1.807, 2.05) is 0 Å². The van der Waals surface area contributed by atoms with Gasteiger partial charge in [0.2, 0.25) is 0 Å². The number of hydrogen-bond donors (Lipinski definition) is 4. The summed E-state index contributed by atoms with van der Waals surface area (Å²) in [6, 6.07) is 0. The summed E-state index contributed by atoms with van der Waals surface area (Å²) in [5.41, 5.74) is 0.231. The summed E-state index contributed by atoms with van der Waals surface area (Å²) in [4.78, 5) is 0. The number of rotatable bonds is 2. The third-order valence-corrected chi connectivity index (χ3v) is 2.53. The maximum Gasteiger partial charge on any atom is 0.0662 e. The normalized spacial score (nSPS) is 10.8. The van der Waals surface area contributed by atoms with Gasteiger partial charge in [-0.05, 0) is 10.8 Å². The molecule has 96 valence electrons. The Morgan fingerprint density at radius 2 is 1.00 bits per heavy atom. The Morgan fingerprint density at radius 1 is 0.733 bits per heavy atom. The Bertz CT molecular complexity index is 114. The van der Waals surface area contributed by atoms with Gasteiger partial charge in [-0.3, -0.25) is 0 Å². The van der Waals surface area contributed by atoms with Crippen LogP contribution in [0.15, 0.2) is 0 Å². The van der Waals surface area contributed by atoms with Crippen molar-refractivity contribution in [3.63, 3.8) is 0 Å². The molecule has 0 saturated carbocycles. The molecule has 4 heteroatoms. The van der Waals surface area contributed by atoms with Crippen molar-refractivity contribution < 1.29 is 20.4 Å². The average molecular weight is 224 g/mol. The molecule has 0 saturated heterocycles. The topological polar surface area (TPSA) is 80.9 Å². The third kappa shape index (κ3) is 11.8. The van der Waals surface area contributed by atoms with Gasteiger partial charge < -0.3 is 20.4 Å². The monoisotopic (exact) mass is 224 g/mol. The van der Waals surface area contributed by atoms with Crippen LogP contribution in [-0.4, -0.2) is 47.4 Å². The van der Waals surface area contributed by atoms with Crippen molar-refractivity contribution in [2.24, 2.45) is 10.8 Å². The van der Waals surface area contributed by atoms with Crippen molar-refractivity contribution in [3.05, 3.63) is 0 Å². The van der Waals surface area contributed by atoms with Crippen LogP contribution in [0.25, 0.3) is 0 Å². The number of hydrogen-bond acceptors (Lipinski definition) is 4. The Hall–Kier alpha value is -0.160. The van der Waals surface area contributed by atoms with Gasteiger partial charge in [0.1, 0.15) is 0 Å². The predicted molar refractivity (Wildman–Crippen MR) is 62.6 cm³/mol. The zero-order valence-corrected chi connectivity index (χ0v) is 10.9. The van der Waals surface area contributed by atoms with Crippen molar-refractivity contribution in [3.8, 4) is 0 Å². The average Bonchev–Trinajstić information content (AvgIpc) is 2.19. The van der Waals surface area contributed by atoms with E-state index in [-0.39, 0.29) is 30.7 Å². The van der Waals surface area contributed by atoms with E-state index in [9.17, 15) is 0 Å². The molecule has 0 aromatic carbocycles. The standard InChI is InChI=1S/C8H18O.C2H6O2.CH4O/c1-7(2,3)8(4,5)6-9;3-1-2-4;1-2/h9H,6H2,1-5H3;3-4H,1-2H2;2H,1H3. The van der Waals surface area contributed by atoms with Gasteiger partial charge in [-0.1, -0.05) is 34.6 Å². The molecule has 0 aromatic rings. The Morgan fingerprint density at radius 3 is 1.00 bits per heavy atom. The van der Waals surface area contributed by atoms with Crippen LogP contribution in [0.5, 0.6) is 0 Å². The van der Waals surface area contributed by atoms with Gasteiger partial charge in [-0.25, -0.2) is 0 Å². The fourth-order valence-corrected chi connectivity index (χ4v) is 0.237. The molecule has 0 aromatic heterocycles. The summed E-state index contributed by atoms with van der Waals surface area (Å²) in [5.74, 6) is 0. The van der Waals surface area contributed by atoms with Crippen LogP contribution in [0.1, 0.15) is 34.6 Å². The molecule has 0 bridgehead atoms. The van der Waals surface area contributed by atoms with Crippen LogP contribution >= 0.6 is 0 Å². The molecule has 0 spiro atoms. The summed E-state index contributed by atoms with van der Waals surface area (Å²) in [5, 5.41) is 31.2. The largest absolute Gasteiger partial charge is 0.400 e. The van der Waals surface area contributed by atoms with Gasteiger partial charge in [0.05, 0.1) is 13.2 Å². The van der Waals surface area contributed by atoms with Crippen molar-refractivity contribution in [1.29, 1.82) is 0 Å². The molecule has 0 aliphatic carbocycles. The van der Waals surface area contributed by atoms with E-state index in [1.165, 1.54) is 0 Å². The van der Waals surface area contributed by atoms with E-state index in [0.29, 0.717) is 0 Å². The van der Waals surface area contributed by atoms with E-state index < -0.39 is 0 Å². The van der Waals surface area contributed by atoms with Gasteiger partial charge in [-0.2, -0.15) is 0 Å². The highest BCUT2D eigenvalue weighted by Gasteiger charge is 2.31. The first-order valence-corrected chi connectivity index (χ1v) is 5.00. The van der Waals surface area contributed by atoms with Crippen molar-refractivity contribution in [2.75, 3.05) is 26.9 Å². The zero-order valence-electron chi connectivity index (χ0n) is 10.9. The Kier molecular flexibility index (Phi) is 14.0. The first kappa shape index (κ1) is 20.3. The van der Waals surface area contributed by atoms with E-state index in [1.54, 1.807) is 0 Å². The van der Waals surface area contributed by atoms with Gasteiger partial charge in [-0.15, -0.1) is 0 Å². The Labute approximate surface area is 93.6 Å². The SMILES string of the molecule is CC(C)(C)C(C)(C)CO.CO.OCCO. The Balaban J connectivity index is -0.000000202. The maximum absolute atomic E-state index is 8.93. The second-order valence-corrected chi connectivity index (χ2v) is 4.74. The first-order valence-electron chi connectivity index (χ1n) is 5.00. The molecule has 0 unspecified atom stereocenters. The minimum Gasteiger partial charge on any atom is -0.400 e. The molecule has 0 atom stereocenters. The lowest BCUT2D eigenvalue weighted by Crippen LogP contribution is -2.32. The van der Waals surface area contributed by atoms with E-state index >= 15 is 0 Å². The van der Waals surface area contributed by atoms with E-state index in [2.05, 4.69) is 34.6 Å². The molecule has 0 rings (SSSR count). The van der Waals surface area contributed by atoms with Crippen LogP contribution in [0.3, 0.4) is 0 Å². The molecule has 4 N–H and O–H groups in total. The van der Waals surface area contributed by atoms with Gasteiger partial charge in [0, 0.05) is 13.7 Å². The van der Waals surface area contributed by atoms with Crippen LogP contribution in [0.2, 0.25) is 0 Å². The smallest absolute Gasteiger partial charge is 0.0662 e. The predicted octanol–water partition coefficient (Wildman–Crippen LogP) is 0.630. The molecular weight excluding hydrogens is 196 g/mol. The van der Waals surface area contributed by atoms with Gasteiger partial charge >= 0.3 is 0 Å². The van der Waals surface area contributed by atoms with Gasteiger partial charge in [0.25, 0.3) is 0 Å². The molecule has 0 fully saturated rings. The summed E-state index contributed by atoms with van der Waals surface area (Å²) in [6.45, 7) is 10.6. The van der Waals surface area contributed by atoms with E-state index in [0.717, 1.165) is 7.11 Å². The summed E-state index contributed by atoms with van der Waals surface area (Å²) in [7, 11) is 1.00. The maximum atomic E-state index is 8.93. The molecular formula is C11H28O4. The summed E-state index contributed by atoms with van der Waals surface area (Å²) < 4.78 is 0. The number of aliphatic hydroxyl groups is 4. The molecule has 0 heterocycles. The lowest BCUT2D eigenvalue weighted by atomic mass is 9.70. The second-order valence-electron chi connectivity index (χ2n) is 4.74. The molecule has 0 aliphatic heterocycles. The molecule has 0 amide bonds. The lowest BCUT2D eigenvalue weighted by Gasteiger charge is -2.36. The van der Waals surface area contributed by atoms with Crippen LogP contribution in [0.4, 0.5) is 0 Å². The van der Waals surface area contributed by atoms with Crippen molar-refractivity contribution in [2.45, 2.75) is 34.6 Å². The summed E-state index contributed by atoms with van der Waals surface area (Å²) in [6.07, 6.45) is 0. The minimum absolute atomic E-state index is 0.0347. The van der Waals surface area contributed by atoms with Crippen molar-refractivity contribution in [1.82, 2.24) is 0 Å². The quantitative estimate of drug-likeness (QED) is 0.554. The fourth-order valence-electron chi connectivity index (χ4n) is 0.237. The molecule has 15 heavy (non-hydrogen) atoms. The highest BCUT2D eigenvalue weighted by atomic mass is 16.3. The fraction of sp³-hybridized carbons (Fsp3) is 1.00. The van der Waals surface area contributed by atoms with Gasteiger partial charge in [0.15, 0.2) is 0 Å². The highest BCUT2D eigenvalue weighted by molar-refractivity contribution is 4.80. The molecule has 0 radical (unpaired) electrons.